The lowest BCUT2D eigenvalue weighted by molar-refractivity contribution is -0.168. The number of hydrogen-bond donors (Lipinski definition) is 4. The van der Waals surface area contributed by atoms with Crippen molar-refractivity contribution in [3.8, 4) is 5.75 Å². The van der Waals surface area contributed by atoms with Crippen molar-refractivity contribution in [2.24, 2.45) is 34.5 Å². The Kier molecular flexibility index (Phi) is 8.46. The van der Waals surface area contributed by atoms with Gasteiger partial charge >= 0.3 is 0 Å². The van der Waals surface area contributed by atoms with Crippen molar-refractivity contribution < 1.29 is 38.8 Å². The monoisotopic (exact) mass is 639 g/mol. The minimum Gasteiger partial charge on any atom is -0.486 e. The number of para-hydroxylation sites is 1. The quantitative estimate of drug-likeness (QED) is 0.232. The van der Waals surface area contributed by atoms with Gasteiger partial charge in [0.1, 0.15) is 13.2 Å². The number of nitrogen functional groups attached to an aromatic ring is 1. The molecule has 5 N–H and O–H groups in total. The maximum Gasteiger partial charge on any atom is 0.185 e. The summed E-state index contributed by atoms with van der Waals surface area (Å²) in [6.07, 6.45) is 3.68. The molecule has 0 aromatic heterocycles. The fourth-order valence-electron chi connectivity index (χ4n) is 9.07. The Morgan fingerprint density at radius 3 is 2.71 bits per heavy atom. The average molecular weight is 640 g/mol. The van der Waals surface area contributed by atoms with Crippen molar-refractivity contribution in [3.63, 3.8) is 0 Å². The first-order valence-corrected chi connectivity index (χ1v) is 15.8. The summed E-state index contributed by atoms with van der Waals surface area (Å²) in [5.74, 6) is -2.72. The Morgan fingerprint density at radius 2 is 1.98 bits per heavy atom. The Hall–Kier alpha value is -3.08. The van der Waals surface area contributed by atoms with Crippen molar-refractivity contribution in [1.82, 2.24) is 0 Å². The Morgan fingerprint density at radius 1 is 1.22 bits per heavy atom. The number of aliphatic hydroxyl groups is 3. The third-order valence-electron chi connectivity index (χ3n) is 11.1. The minimum atomic E-state index is -1.84. The molecule has 0 heterocycles. The van der Waals surface area contributed by atoms with Crippen molar-refractivity contribution in [2.75, 3.05) is 12.3 Å². The summed E-state index contributed by atoms with van der Waals surface area (Å²) in [4.78, 5) is 25.5. The Bertz CT molecular complexity index is 1580. The summed E-state index contributed by atoms with van der Waals surface area (Å²) < 4.78 is 27.6. The lowest BCUT2D eigenvalue weighted by Gasteiger charge is -2.58. The van der Waals surface area contributed by atoms with Crippen LogP contribution in [0.2, 0.25) is 5.02 Å². The summed E-state index contributed by atoms with van der Waals surface area (Å²) in [5.41, 5.74) is 6.57. The highest BCUT2D eigenvalue weighted by Crippen LogP contribution is 2.66. The van der Waals surface area contributed by atoms with Crippen LogP contribution < -0.4 is 10.5 Å². The molecular formula is C35H39ClFNO7. The molecular weight excluding hydrogens is 601 g/mol. The standard InChI is InChI=1S/C35H39ClFNO7/c1-34-12-11-20(40)13-19(34)7-8-21-22-14-28(31(26(42)16-39)35(22,2)15-25(41)30(21)34)45-33(43)29-23(36)9-10-27(32(29)37)44-17-18-5-3-4-6-24(18)38/h3-6,9-13,21-22,25,28,30-31,33,39,41,43H,7-8,14-17,38H2,1-2H3/t21-,22?,25-,28+,30?,31-,33+,34-,35-/m0/s1. The van der Waals surface area contributed by atoms with Gasteiger partial charge in [0.25, 0.3) is 0 Å². The van der Waals surface area contributed by atoms with E-state index in [4.69, 9.17) is 26.8 Å². The normalized spacial score (nSPS) is 34.4. The van der Waals surface area contributed by atoms with Gasteiger partial charge in [0, 0.05) is 22.6 Å². The fourth-order valence-corrected chi connectivity index (χ4v) is 9.31. The van der Waals surface area contributed by atoms with Crippen LogP contribution in [-0.2, 0) is 20.9 Å². The molecule has 2 aromatic rings. The number of allylic oxidation sites excluding steroid dienone is 4. The number of carbonyl (C=O) groups is 2. The van der Waals surface area contributed by atoms with Crippen LogP contribution in [0.5, 0.6) is 5.75 Å². The average Bonchev–Trinajstić information content (AvgIpc) is 3.28. The predicted octanol–water partition coefficient (Wildman–Crippen LogP) is 5.08. The molecule has 45 heavy (non-hydrogen) atoms. The third kappa shape index (κ3) is 5.32. The number of carbonyl (C=O) groups excluding carboxylic acids is 2. The Labute approximate surface area is 266 Å². The molecule has 0 amide bonds. The number of fused-ring (bicyclic) bond motifs is 5. The van der Waals surface area contributed by atoms with Crippen LogP contribution in [0.15, 0.2) is 60.2 Å². The van der Waals surface area contributed by atoms with Crippen LogP contribution in [0.4, 0.5) is 10.1 Å². The number of halogens is 2. The van der Waals surface area contributed by atoms with Crippen LogP contribution in [0.3, 0.4) is 0 Å². The van der Waals surface area contributed by atoms with Crippen molar-refractivity contribution in [2.45, 2.75) is 64.6 Å². The summed E-state index contributed by atoms with van der Waals surface area (Å²) in [5, 5.41) is 32.9. The summed E-state index contributed by atoms with van der Waals surface area (Å²) in [6.45, 7) is 3.25. The van der Waals surface area contributed by atoms with Crippen LogP contribution in [0.1, 0.15) is 56.9 Å². The number of ether oxygens (including phenoxy) is 2. The van der Waals surface area contributed by atoms with E-state index in [1.54, 1.807) is 36.4 Å². The number of anilines is 1. The van der Waals surface area contributed by atoms with Gasteiger partial charge in [-0.15, -0.1) is 0 Å². The second-order valence-corrected chi connectivity index (χ2v) is 13.8. The van der Waals surface area contributed by atoms with Crippen molar-refractivity contribution in [1.29, 1.82) is 0 Å². The van der Waals surface area contributed by atoms with Gasteiger partial charge in [-0.05, 0) is 73.3 Å². The molecule has 9 atom stereocenters. The topological polar surface area (TPSA) is 139 Å². The van der Waals surface area contributed by atoms with Crippen LogP contribution in [0.25, 0.3) is 0 Å². The molecule has 2 aromatic carbocycles. The smallest absolute Gasteiger partial charge is 0.185 e. The van der Waals surface area contributed by atoms with E-state index in [9.17, 15) is 24.9 Å². The van der Waals surface area contributed by atoms with Gasteiger partial charge in [-0.3, -0.25) is 9.59 Å². The van der Waals surface area contributed by atoms with E-state index in [-0.39, 0.29) is 52.9 Å². The summed E-state index contributed by atoms with van der Waals surface area (Å²) >= 11 is 6.37. The van der Waals surface area contributed by atoms with Crippen LogP contribution >= 0.6 is 11.6 Å². The largest absolute Gasteiger partial charge is 0.486 e. The second-order valence-electron chi connectivity index (χ2n) is 13.4. The lowest BCUT2D eigenvalue weighted by atomic mass is 9.46. The van der Waals surface area contributed by atoms with Gasteiger partial charge < -0.3 is 30.5 Å². The molecule has 2 unspecified atom stereocenters. The van der Waals surface area contributed by atoms with Gasteiger partial charge in [-0.25, -0.2) is 4.39 Å². The lowest BCUT2D eigenvalue weighted by Crippen LogP contribution is -2.56. The number of aliphatic hydroxyl groups excluding tert-OH is 3. The molecule has 8 nitrogen and oxygen atoms in total. The SMILES string of the molecule is C[C@]12C=CC(=O)C=C1CC[C@@H]1C2[C@@H](O)C[C@@]2(C)C1C[C@@H](O[C@@H](O)c1c(Cl)ccc(OCc3ccccc3N)c1F)[C@@H]2C(=O)CO. The zero-order chi connectivity index (χ0) is 32.3. The molecule has 4 aliphatic carbocycles. The predicted molar refractivity (Wildman–Crippen MR) is 165 cm³/mol. The molecule has 240 valence electrons. The van der Waals surface area contributed by atoms with Gasteiger partial charge in [-0.2, -0.15) is 0 Å². The molecule has 0 radical (unpaired) electrons. The van der Waals surface area contributed by atoms with E-state index in [2.05, 4.69) is 6.92 Å². The maximum absolute atomic E-state index is 15.8. The molecule has 10 heteroatoms. The molecule has 0 bridgehead atoms. The van der Waals surface area contributed by atoms with E-state index in [1.165, 1.54) is 12.1 Å². The first kappa shape index (κ1) is 31.9. The number of rotatable bonds is 8. The van der Waals surface area contributed by atoms with E-state index in [0.717, 1.165) is 5.57 Å². The van der Waals surface area contributed by atoms with Crippen molar-refractivity contribution in [3.05, 3.63) is 82.2 Å². The van der Waals surface area contributed by atoms with Crippen LogP contribution in [0, 0.1) is 40.3 Å². The number of ketones is 2. The van der Waals surface area contributed by atoms with Gasteiger partial charge in [0.15, 0.2) is 29.4 Å². The molecule has 0 saturated heterocycles. The Balaban J connectivity index is 1.28. The maximum atomic E-state index is 15.8. The molecule has 0 spiro atoms. The zero-order valence-electron chi connectivity index (χ0n) is 25.3. The highest BCUT2D eigenvalue weighted by Gasteiger charge is 2.65. The first-order valence-electron chi connectivity index (χ1n) is 15.4. The van der Waals surface area contributed by atoms with Gasteiger partial charge in [0.05, 0.1) is 28.7 Å². The van der Waals surface area contributed by atoms with Crippen molar-refractivity contribution >= 4 is 28.9 Å². The second kappa shape index (κ2) is 11.9. The summed E-state index contributed by atoms with van der Waals surface area (Å²) in [7, 11) is 0. The number of Topliss-reactive ketones (excluding diaryl/α,β-unsaturated/α-hetero) is 1. The molecule has 3 saturated carbocycles. The summed E-state index contributed by atoms with van der Waals surface area (Å²) in [6, 6.07) is 9.80. The van der Waals surface area contributed by atoms with E-state index in [0.29, 0.717) is 30.5 Å². The number of benzene rings is 2. The molecule has 3 fully saturated rings. The van der Waals surface area contributed by atoms with E-state index in [1.807, 2.05) is 13.0 Å². The van der Waals surface area contributed by atoms with E-state index >= 15 is 4.39 Å². The number of nitrogens with two attached hydrogens (primary N) is 1. The highest BCUT2D eigenvalue weighted by atomic mass is 35.5. The van der Waals surface area contributed by atoms with Crippen LogP contribution in [-0.4, -0.2) is 45.7 Å². The first-order chi connectivity index (χ1) is 21.4. The van der Waals surface area contributed by atoms with Gasteiger partial charge in [-0.1, -0.05) is 55.3 Å². The number of hydrogen-bond acceptors (Lipinski definition) is 8. The minimum absolute atomic E-state index is 0.0125. The molecule has 4 aliphatic rings. The van der Waals surface area contributed by atoms with Gasteiger partial charge in [0.2, 0.25) is 0 Å². The van der Waals surface area contributed by atoms with E-state index < -0.39 is 53.5 Å². The third-order valence-corrected chi connectivity index (χ3v) is 11.4. The zero-order valence-corrected chi connectivity index (χ0v) is 26.0. The molecule has 0 aliphatic heterocycles. The fraction of sp³-hybridized carbons (Fsp3) is 0.486. The molecule has 6 rings (SSSR count). The highest BCUT2D eigenvalue weighted by molar-refractivity contribution is 6.31.